The average molecular weight is 676 g/mol. The first-order valence-electron chi connectivity index (χ1n) is 15.2. The zero-order chi connectivity index (χ0) is 31.5. The van der Waals surface area contributed by atoms with Gasteiger partial charge in [0.15, 0.2) is 5.78 Å². The van der Waals surface area contributed by atoms with E-state index in [0.717, 1.165) is 17.6 Å². The van der Waals surface area contributed by atoms with Gasteiger partial charge in [0.25, 0.3) is 0 Å². The Morgan fingerprint density at radius 2 is 0.976 bits per heavy atom. The van der Waals surface area contributed by atoms with Crippen LogP contribution in [0.4, 0.5) is 0 Å². The molecule has 0 aromatic rings. The minimum Gasteiger partial charge on any atom is -0.295 e. The van der Waals surface area contributed by atoms with Crippen molar-refractivity contribution in [3.05, 3.63) is 130 Å². The Hall–Kier alpha value is -2.53. The minimum absolute atomic E-state index is 0.0492. The Morgan fingerprint density at radius 3 is 1.45 bits per heavy atom. The first-order valence-corrected chi connectivity index (χ1v) is 16.4. The Kier molecular flexibility index (Phi) is 13.9. The number of rotatable bonds is 10. The fraction of sp³-hybridized carbons (Fsp3) is 0.400. The third-order valence-corrected chi connectivity index (χ3v) is 9.80. The van der Waals surface area contributed by atoms with Crippen molar-refractivity contribution in [3.63, 3.8) is 0 Å². The van der Waals surface area contributed by atoms with Gasteiger partial charge in [-0.2, -0.15) is 0 Å². The molecule has 2 rings (SSSR count). The van der Waals surface area contributed by atoms with E-state index in [1.54, 1.807) is 0 Å². The van der Waals surface area contributed by atoms with E-state index in [1.807, 2.05) is 6.92 Å². The predicted molar refractivity (Wildman–Crippen MR) is 188 cm³/mol. The van der Waals surface area contributed by atoms with Gasteiger partial charge in [-0.15, -0.1) is 0 Å². The fourth-order valence-corrected chi connectivity index (χ4v) is 5.89. The van der Waals surface area contributed by atoms with Crippen LogP contribution in [0.1, 0.15) is 94.9 Å². The first kappa shape index (κ1) is 35.7. The molecule has 2 aliphatic carbocycles. The van der Waals surface area contributed by atoms with E-state index in [1.165, 1.54) is 49.8 Å². The van der Waals surface area contributed by atoms with Crippen molar-refractivity contribution >= 4 is 31.2 Å². The van der Waals surface area contributed by atoms with Gasteiger partial charge in [0.05, 0.1) is 0 Å². The van der Waals surface area contributed by atoms with Gasteiger partial charge in [-0.1, -0.05) is 67.5 Å². The molecule has 0 amide bonds. The van der Waals surface area contributed by atoms with Crippen molar-refractivity contribution in [3.8, 4) is 0 Å². The molecule has 0 aromatic heterocycles. The first-order chi connectivity index (χ1) is 19.6. The quantitative estimate of drug-likeness (QED) is 0.166. The molecule has 0 saturated heterocycles. The van der Waals surface area contributed by atoms with Crippen LogP contribution in [0.3, 0.4) is 0 Å². The second kappa shape index (κ2) is 16.4. The maximum absolute atomic E-state index is 12.2. The number of carbonyl (C=O) groups is 1. The standard InChI is InChI=1S/C40H52OTe/c1-29(17-13-19-31(3)21-23-35-33(5)37(41)25-27-39(35,7)8)15-11-12-16-30(2)18-14-20-32(4)22-24-36-34(6)38(42)26-28-40(36,9)10/h11-24H,25-28H2,1-10H3/b12-11+,17-13+,18-14+,23-21+,24-22+,29-15+,30-16+,31-19+,32-20+. The van der Waals surface area contributed by atoms with E-state index in [0.29, 0.717) is 6.42 Å². The summed E-state index contributed by atoms with van der Waals surface area (Å²) >= 11 is 2.19. The Balaban J connectivity index is 1.93. The van der Waals surface area contributed by atoms with Crippen molar-refractivity contribution in [2.75, 3.05) is 0 Å². The van der Waals surface area contributed by atoms with Gasteiger partial charge in [0, 0.05) is 6.42 Å². The van der Waals surface area contributed by atoms with Gasteiger partial charge in [0.1, 0.15) is 0 Å². The molecular weight excluding hydrogens is 624 g/mol. The maximum atomic E-state index is 12.2. The normalized spacial score (nSPS) is 21.6. The molecule has 2 heteroatoms. The van der Waals surface area contributed by atoms with Gasteiger partial charge in [-0.3, -0.25) is 4.79 Å². The molecule has 2 aliphatic rings. The van der Waals surface area contributed by atoms with Crippen molar-refractivity contribution in [2.45, 2.75) is 94.9 Å². The summed E-state index contributed by atoms with van der Waals surface area (Å²) in [4.78, 5) is 12.2. The number of hydrogen-bond donors (Lipinski definition) is 0. The number of ketones is 1. The number of Topliss-reactive ketones (excluding diaryl/α,β-unsaturated/α-hetero) is 1. The van der Waals surface area contributed by atoms with E-state index in [9.17, 15) is 4.79 Å². The molecule has 0 atom stereocenters. The van der Waals surface area contributed by atoms with Crippen LogP contribution in [0.15, 0.2) is 130 Å². The largest absolute Gasteiger partial charge is 0.295 e. The summed E-state index contributed by atoms with van der Waals surface area (Å²) in [5, 5.41) is 0. The van der Waals surface area contributed by atoms with Crippen LogP contribution in [0, 0.1) is 10.8 Å². The van der Waals surface area contributed by atoms with Crippen LogP contribution >= 0.6 is 0 Å². The van der Waals surface area contributed by atoms with Crippen LogP contribution in [0.2, 0.25) is 0 Å². The van der Waals surface area contributed by atoms with Crippen LogP contribution in [0.25, 0.3) is 0 Å². The smallest absolute Gasteiger partial charge is 0.158 e. The predicted octanol–water partition coefficient (Wildman–Crippen LogP) is 10.7. The fourth-order valence-electron chi connectivity index (χ4n) is 5.28. The maximum Gasteiger partial charge on any atom is 0.158 e. The minimum atomic E-state index is 0.0492. The number of hydrogen-bond acceptors (Lipinski definition) is 1. The molecule has 0 N–H and O–H groups in total. The molecular formula is C40H52OTe. The molecule has 0 unspecified atom stereocenters. The van der Waals surface area contributed by atoms with Gasteiger partial charge < -0.3 is 0 Å². The SMILES string of the molecule is CC1=C(/C=C/C(C)=C/C=C/C(C)=C/C=C/C=C(C)/C=C/C=C(C)/C=C/C2=C(C)C(=[Te])CCC2(C)C)C(C)(C)CCC1=O. The van der Waals surface area contributed by atoms with Crippen molar-refractivity contribution in [2.24, 2.45) is 10.8 Å². The van der Waals surface area contributed by atoms with Gasteiger partial charge in [0.2, 0.25) is 0 Å². The van der Waals surface area contributed by atoms with Crippen molar-refractivity contribution < 1.29 is 4.79 Å². The number of allylic oxidation sites excluding steroid dienone is 22. The summed E-state index contributed by atoms with van der Waals surface area (Å²) in [6.07, 6.45) is 34.0. The monoisotopic (exact) mass is 678 g/mol. The Labute approximate surface area is 270 Å². The molecule has 0 spiro atoms. The third-order valence-electron chi connectivity index (χ3n) is 8.35. The molecule has 0 aliphatic heterocycles. The Morgan fingerprint density at radius 1 is 0.595 bits per heavy atom. The zero-order valence-electron chi connectivity index (χ0n) is 27.7. The summed E-state index contributed by atoms with van der Waals surface area (Å²) in [5.41, 5.74) is 10.1. The molecule has 0 radical (unpaired) electrons. The average Bonchev–Trinajstić information content (AvgIpc) is 2.91. The van der Waals surface area contributed by atoms with Gasteiger partial charge in [-0.05, 0) is 43.8 Å². The Bertz CT molecular complexity index is 1270. The van der Waals surface area contributed by atoms with E-state index < -0.39 is 0 Å². The summed E-state index contributed by atoms with van der Waals surface area (Å²) < 4.78 is 1.53. The molecule has 224 valence electrons. The molecule has 0 fully saturated rings. The zero-order valence-corrected chi connectivity index (χ0v) is 30.1. The van der Waals surface area contributed by atoms with Crippen LogP contribution in [0.5, 0.6) is 0 Å². The summed E-state index contributed by atoms with van der Waals surface area (Å²) in [5.74, 6) is 0.279. The molecule has 1 nitrogen and oxygen atoms in total. The van der Waals surface area contributed by atoms with Crippen LogP contribution in [-0.4, -0.2) is 31.2 Å². The van der Waals surface area contributed by atoms with E-state index in [4.69, 9.17) is 0 Å². The van der Waals surface area contributed by atoms with Gasteiger partial charge >= 0.3 is 143 Å². The molecule has 0 saturated carbocycles. The number of carbonyl (C=O) groups excluding carboxylic acids is 1. The summed E-state index contributed by atoms with van der Waals surface area (Å²) in [6, 6.07) is 0. The molecule has 0 aromatic carbocycles. The topological polar surface area (TPSA) is 17.1 Å². The second-order valence-electron chi connectivity index (χ2n) is 13.1. The van der Waals surface area contributed by atoms with E-state index in [-0.39, 0.29) is 16.6 Å². The van der Waals surface area contributed by atoms with Crippen LogP contribution in [-0.2, 0) is 4.79 Å². The third kappa shape index (κ3) is 11.3. The van der Waals surface area contributed by atoms with E-state index in [2.05, 4.69) is 169 Å². The van der Waals surface area contributed by atoms with Crippen molar-refractivity contribution in [1.29, 1.82) is 0 Å². The van der Waals surface area contributed by atoms with E-state index >= 15 is 0 Å². The molecule has 42 heavy (non-hydrogen) atoms. The molecule has 0 heterocycles. The van der Waals surface area contributed by atoms with Crippen molar-refractivity contribution in [1.82, 2.24) is 0 Å². The molecule has 0 bridgehead atoms. The van der Waals surface area contributed by atoms with Crippen LogP contribution < -0.4 is 0 Å². The second-order valence-corrected chi connectivity index (χ2v) is 14.5. The summed E-state index contributed by atoms with van der Waals surface area (Å²) in [7, 11) is 0. The summed E-state index contributed by atoms with van der Waals surface area (Å²) in [6.45, 7) is 21.9. The van der Waals surface area contributed by atoms with Gasteiger partial charge in [-0.25, -0.2) is 0 Å².